The van der Waals surface area contributed by atoms with Crippen molar-refractivity contribution in [2.45, 2.75) is 103 Å². The summed E-state index contributed by atoms with van der Waals surface area (Å²) in [4.78, 5) is 0. The minimum atomic E-state index is 0.869. The Balaban J connectivity index is 2.94. The van der Waals surface area contributed by atoms with Gasteiger partial charge in [-0.2, -0.15) is 11.8 Å². The summed E-state index contributed by atoms with van der Waals surface area (Å²) in [5.41, 5.74) is 0. The maximum absolute atomic E-state index is 2.35. The van der Waals surface area contributed by atoms with Crippen molar-refractivity contribution < 1.29 is 0 Å². The molecule has 0 saturated heterocycles. The summed E-state index contributed by atoms with van der Waals surface area (Å²) in [5.74, 6) is 0. The lowest BCUT2D eigenvalue weighted by Crippen LogP contribution is -1.94. The lowest BCUT2D eigenvalue weighted by molar-refractivity contribution is 0.539. The van der Waals surface area contributed by atoms with E-state index in [1.54, 1.807) is 0 Å². The van der Waals surface area contributed by atoms with E-state index in [4.69, 9.17) is 0 Å². The number of rotatable bonds is 14. The van der Waals surface area contributed by atoms with Crippen molar-refractivity contribution in [2.75, 3.05) is 6.26 Å². The van der Waals surface area contributed by atoms with Crippen molar-refractivity contribution in [2.24, 2.45) is 0 Å². The Labute approximate surface area is 121 Å². The monoisotopic (exact) mass is 272 g/mol. The quantitative estimate of drug-likeness (QED) is 0.312. The fourth-order valence-corrected chi connectivity index (χ4v) is 2.79. The average molecular weight is 273 g/mol. The molecule has 18 heavy (non-hydrogen) atoms. The molecule has 0 aliphatic heterocycles. The summed E-state index contributed by atoms with van der Waals surface area (Å²) in [7, 11) is 0. The third-order valence-corrected chi connectivity index (χ3v) is 4.91. The Hall–Kier alpha value is 0.350. The van der Waals surface area contributed by atoms with Gasteiger partial charge in [0.05, 0.1) is 0 Å². The van der Waals surface area contributed by atoms with Crippen molar-refractivity contribution in [3.05, 3.63) is 0 Å². The number of thioether (sulfide) groups is 1. The van der Waals surface area contributed by atoms with Crippen LogP contribution in [-0.2, 0) is 0 Å². The first kappa shape index (κ1) is 18.4. The van der Waals surface area contributed by atoms with E-state index in [-0.39, 0.29) is 0 Å². The maximum Gasteiger partial charge on any atom is 0.00159 e. The second kappa shape index (κ2) is 15.4. The first-order valence-corrected chi connectivity index (χ1v) is 9.62. The van der Waals surface area contributed by atoms with Crippen LogP contribution in [0.3, 0.4) is 0 Å². The number of unbranched alkanes of at least 4 members (excludes halogenated alkanes) is 11. The fraction of sp³-hybridized carbons (Fsp3) is 1.00. The van der Waals surface area contributed by atoms with E-state index in [1.807, 2.05) is 11.8 Å². The summed E-state index contributed by atoms with van der Waals surface area (Å²) in [6.45, 7) is 4.64. The van der Waals surface area contributed by atoms with Crippen LogP contribution in [0.2, 0.25) is 0 Å². The molecule has 1 unspecified atom stereocenters. The van der Waals surface area contributed by atoms with Gasteiger partial charge >= 0.3 is 0 Å². The Bertz CT molecular complexity index is 145. The van der Waals surface area contributed by atoms with Gasteiger partial charge in [0, 0.05) is 5.25 Å². The topological polar surface area (TPSA) is 0 Å². The number of hydrogen-bond donors (Lipinski definition) is 0. The minimum absolute atomic E-state index is 0.869. The van der Waals surface area contributed by atoms with Gasteiger partial charge in [-0.1, -0.05) is 90.9 Å². The molecule has 110 valence electrons. The van der Waals surface area contributed by atoms with Crippen molar-refractivity contribution in [1.82, 2.24) is 0 Å². The van der Waals surface area contributed by atoms with E-state index in [1.165, 1.54) is 83.5 Å². The molecule has 0 heterocycles. The fourth-order valence-electron chi connectivity index (χ4n) is 2.39. The molecule has 0 aromatic carbocycles. The van der Waals surface area contributed by atoms with Crippen molar-refractivity contribution >= 4 is 11.8 Å². The largest absolute Gasteiger partial charge is 0.162 e. The first-order chi connectivity index (χ1) is 8.81. The molecule has 0 radical (unpaired) electrons. The summed E-state index contributed by atoms with van der Waals surface area (Å²) in [6.07, 6.45) is 21.1. The van der Waals surface area contributed by atoms with Crippen molar-refractivity contribution in [3.63, 3.8) is 0 Å². The van der Waals surface area contributed by atoms with Crippen LogP contribution in [0.5, 0.6) is 0 Å². The minimum Gasteiger partial charge on any atom is -0.162 e. The molecular weight excluding hydrogens is 236 g/mol. The van der Waals surface area contributed by atoms with Gasteiger partial charge in [0.1, 0.15) is 0 Å². The Kier molecular flexibility index (Phi) is 15.7. The third kappa shape index (κ3) is 14.4. The molecular formula is C17H36S. The SMILES string of the molecule is CCCCCCCCCCCCCCC(C)SC. The highest BCUT2D eigenvalue weighted by molar-refractivity contribution is 7.99. The lowest BCUT2D eigenvalue weighted by atomic mass is 10.0. The van der Waals surface area contributed by atoms with Crippen LogP contribution in [0.25, 0.3) is 0 Å². The maximum atomic E-state index is 2.35. The van der Waals surface area contributed by atoms with E-state index in [0.29, 0.717) is 0 Å². The molecule has 0 amide bonds. The van der Waals surface area contributed by atoms with Crippen LogP contribution >= 0.6 is 11.8 Å². The molecule has 0 rings (SSSR count). The molecule has 1 heteroatoms. The summed E-state index contributed by atoms with van der Waals surface area (Å²) in [5, 5.41) is 0.869. The summed E-state index contributed by atoms with van der Waals surface area (Å²) < 4.78 is 0. The highest BCUT2D eigenvalue weighted by atomic mass is 32.2. The molecule has 0 bridgehead atoms. The normalized spacial score (nSPS) is 12.8. The second-order valence-electron chi connectivity index (χ2n) is 5.72. The standard InChI is InChI=1S/C17H36S/c1-4-5-6-7-8-9-10-11-12-13-14-15-16-17(2)18-3/h17H,4-16H2,1-3H3. The van der Waals surface area contributed by atoms with E-state index in [2.05, 4.69) is 20.1 Å². The van der Waals surface area contributed by atoms with Crippen LogP contribution in [-0.4, -0.2) is 11.5 Å². The van der Waals surface area contributed by atoms with Crippen LogP contribution in [0.4, 0.5) is 0 Å². The third-order valence-electron chi connectivity index (χ3n) is 3.87. The zero-order valence-electron chi connectivity index (χ0n) is 13.2. The van der Waals surface area contributed by atoms with Gasteiger partial charge in [0.15, 0.2) is 0 Å². The van der Waals surface area contributed by atoms with Gasteiger partial charge in [-0.25, -0.2) is 0 Å². The average Bonchev–Trinajstić information content (AvgIpc) is 2.39. The zero-order valence-corrected chi connectivity index (χ0v) is 14.0. The van der Waals surface area contributed by atoms with Gasteiger partial charge in [0.2, 0.25) is 0 Å². The predicted octanol–water partition coefficient (Wildman–Crippen LogP) is 6.83. The lowest BCUT2D eigenvalue weighted by Gasteiger charge is -2.07. The molecule has 0 aliphatic rings. The zero-order chi connectivity index (χ0) is 13.5. The van der Waals surface area contributed by atoms with Crippen LogP contribution < -0.4 is 0 Å². The molecule has 0 aromatic rings. The second-order valence-corrected chi connectivity index (χ2v) is 7.00. The molecule has 0 aromatic heterocycles. The van der Waals surface area contributed by atoms with Gasteiger partial charge < -0.3 is 0 Å². The van der Waals surface area contributed by atoms with Crippen molar-refractivity contribution in [3.8, 4) is 0 Å². The van der Waals surface area contributed by atoms with E-state index >= 15 is 0 Å². The molecule has 0 fully saturated rings. The molecule has 0 saturated carbocycles. The van der Waals surface area contributed by atoms with E-state index < -0.39 is 0 Å². The van der Waals surface area contributed by atoms with E-state index in [0.717, 1.165) is 5.25 Å². The van der Waals surface area contributed by atoms with Gasteiger partial charge in [-0.15, -0.1) is 0 Å². The molecule has 1 atom stereocenters. The Morgan fingerprint density at radius 2 is 1.06 bits per heavy atom. The Morgan fingerprint density at radius 3 is 1.44 bits per heavy atom. The van der Waals surface area contributed by atoms with Crippen LogP contribution in [0, 0.1) is 0 Å². The van der Waals surface area contributed by atoms with Crippen LogP contribution in [0.1, 0.15) is 97.3 Å². The number of hydrogen-bond acceptors (Lipinski definition) is 1. The van der Waals surface area contributed by atoms with Gasteiger partial charge in [-0.3, -0.25) is 0 Å². The highest BCUT2D eigenvalue weighted by Gasteiger charge is 1.98. The first-order valence-electron chi connectivity index (χ1n) is 8.34. The smallest absolute Gasteiger partial charge is 0.00159 e. The Morgan fingerprint density at radius 1 is 0.667 bits per heavy atom. The summed E-state index contributed by atoms with van der Waals surface area (Å²) >= 11 is 2.01. The van der Waals surface area contributed by atoms with Gasteiger partial charge in [0.25, 0.3) is 0 Å². The van der Waals surface area contributed by atoms with Gasteiger partial charge in [-0.05, 0) is 12.7 Å². The molecule has 0 nitrogen and oxygen atoms in total. The van der Waals surface area contributed by atoms with E-state index in [9.17, 15) is 0 Å². The predicted molar refractivity (Wildman–Crippen MR) is 88.7 cm³/mol. The van der Waals surface area contributed by atoms with Crippen LogP contribution in [0.15, 0.2) is 0 Å². The molecule has 0 spiro atoms. The molecule has 0 N–H and O–H groups in total. The molecule has 0 aliphatic carbocycles. The van der Waals surface area contributed by atoms with Crippen molar-refractivity contribution in [1.29, 1.82) is 0 Å². The highest BCUT2D eigenvalue weighted by Crippen LogP contribution is 2.16. The summed E-state index contributed by atoms with van der Waals surface area (Å²) in [6, 6.07) is 0.